The lowest BCUT2D eigenvalue weighted by molar-refractivity contribution is 0.488. The molecule has 138 valence electrons. The summed E-state index contributed by atoms with van der Waals surface area (Å²) in [5.74, 6) is 0.901. The molecule has 28 heavy (non-hydrogen) atoms. The van der Waals surface area contributed by atoms with Gasteiger partial charge in [-0.15, -0.1) is 12.4 Å². The predicted molar refractivity (Wildman–Crippen MR) is 115 cm³/mol. The number of furan rings is 1. The van der Waals surface area contributed by atoms with Crippen LogP contribution in [0.2, 0.25) is 0 Å². The summed E-state index contributed by atoms with van der Waals surface area (Å²) < 4.78 is 8.35. The van der Waals surface area contributed by atoms with Crippen molar-refractivity contribution in [2.45, 2.75) is 6.04 Å². The average molecular weight is 387 g/mol. The van der Waals surface area contributed by atoms with E-state index < -0.39 is 0 Å². The van der Waals surface area contributed by atoms with E-state index >= 15 is 0 Å². The van der Waals surface area contributed by atoms with Crippen LogP contribution in [-0.2, 0) is 0 Å². The first kappa shape index (κ1) is 18.1. The van der Waals surface area contributed by atoms with Gasteiger partial charge in [-0.25, -0.2) is 4.98 Å². The first-order valence-corrected chi connectivity index (χ1v) is 9.00. The number of benzene rings is 3. The van der Waals surface area contributed by atoms with Gasteiger partial charge >= 0.3 is 0 Å². The number of para-hydroxylation sites is 1. The molecule has 0 saturated heterocycles. The smallest absolute Gasteiger partial charge is 0.134 e. The molecule has 4 heteroatoms. The molecule has 5 aromatic rings. The molecular formula is C24H19ClN2O. The number of hydrogen-bond acceptors (Lipinski definition) is 2. The highest BCUT2D eigenvalue weighted by atomic mass is 35.5. The van der Waals surface area contributed by atoms with Crippen molar-refractivity contribution < 1.29 is 4.42 Å². The Hall–Kier alpha value is -3.30. The van der Waals surface area contributed by atoms with Gasteiger partial charge in [0.25, 0.3) is 0 Å². The molecule has 2 aromatic heterocycles. The highest BCUT2D eigenvalue weighted by Gasteiger charge is 2.23. The van der Waals surface area contributed by atoms with Crippen LogP contribution in [0.3, 0.4) is 0 Å². The molecule has 0 radical (unpaired) electrons. The van der Waals surface area contributed by atoms with E-state index in [4.69, 9.17) is 4.42 Å². The molecule has 0 bridgehead atoms. The quantitative estimate of drug-likeness (QED) is 0.360. The van der Waals surface area contributed by atoms with Gasteiger partial charge in [-0.2, -0.15) is 0 Å². The fourth-order valence-electron chi connectivity index (χ4n) is 3.64. The summed E-state index contributed by atoms with van der Waals surface area (Å²) in [6.07, 6.45) is 5.64. The summed E-state index contributed by atoms with van der Waals surface area (Å²) >= 11 is 0. The van der Waals surface area contributed by atoms with E-state index in [0.717, 1.165) is 16.7 Å². The van der Waals surface area contributed by atoms with E-state index in [0.29, 0.717) is 0 Å². The SMILES string of the molecule is Cl.c1ccc(-c2ccccc2C(c2cc3ccccc3o2)n2ccnc2)cc1. The Morgan fingerprint density at radius 1 is 0.821 bits per heavy atom. The average Bonchev–Trinajstić information content (AvgIpc) is 3.39. The van der Waals surface area contributed by atoms with Gasteiger partial charge < -0.3 is 8.98 Å². The van der Waals surface area contributed by atoms with Crippen molar-refractivity contribution in [2.75, 3.05) is 0 Å². The van der Waals surface area contributed by atoms with E-state index in [1.165, 1.54) is 16.7 Å². The number of nitrogens with zero attached hydrogens (tertiary/aromatic N) is 2. The standard InChI is InChI=1S/C24H18N2O.ClH/c1-2-8-18(9-3-1)20-11-5-6-12-21(20)24(26-15-14-25-17-26)23-16-19-10-4-7-13-22(19)27-23;/h1-17,24H;1H. The summed E-state index contributed by atoms with van der Waals surface area (Å²) in [7, 11) is 0. The van der Waals surface area contributed by atoms with Crippen molar-refractivity contribution in [3.8, 4) is 11.1 Å². The van der Waals surface area contributed by atoms with Crippen LogP contribution in [0.4, 0.5) is 0 Å². The normalized spacial score (nSPS) is 11.9. The Morgan fingerprint density at radius 2 is 1.57 bits per heavy atom. The van der Waals surface area contributed by atoms with Gasteiger partial charge in [0.15, 0.2) is 0 Å². The zero-order valence-electron chi connectivity index (χ0n) is 15.1. The molecule has 0 fully saturated rings. The van der Waals surface area contributed by atoms with Crippen LogP contribution in [0.25, 0.3) is 22.1 Å². The van der Waals surface area contributed by atoms with Gasteiger partial charge in [0, 0.05) is 17.8 Å². The topological polar surface area (TPSA) is 31.0 Å². The molecule has 5 rings (SSSR count). The minimum absolute atomic E-state index is 0. The van der Waals surface area contributed by atoms with Crippen LogP contribution in [0.15, 0.2) is 108 Å². The lowest BCUT2D eigenvalue weighted by Crippen LogP contribution is -2.11. The number of aromatic nitrogens is 2. The molecule has 0 spiro atoms. The lowest BCUT2D eigenvalue weighted by atomic mass is 9.93. The van der Waals surface area contributed by atoms with E-state index in [2.05, 4.69) is 70.2 Å². The molecule has 1 atom stereocenters. The van der Waals surface area contributed by atoms with E-state index in [1.54, 1.807) is 6.20 Å². The molecule has 2 heterocycles. The Morgan fingerprint density at radius 3 is 2.36 bits per heavy atom. The van der Waals surface area contributed by atoms with Crippen molar-refractivity contribution in [3.63, 3.8) is 0 Å². The van der Waals surface area contributed by atoms with Crippen LogP contribution in [0.5, 0.6) is 0 Å². The summed E-state index contributed by atoms with van der Waals surface area (Å²) in [6.45, 7) is 0. The predicted octanol–water partition coefficient (Wildman–Crippen LogP) is 6.36. The fraction of sp³-hybridized carbons (Fsp3) is 0.0417. The van der Waals surface area contributed by atoms with Crippen LogP contribution in [0, 0.1) is 0 Å². The van der Waals surface area contributed by atoms with E-state index in [9.17, 15) is 0 Å². The fourth-order valence-corrected chi connectivity index (χ4v) is 3.64. The molecule has 0 saturated carbocycles. The molecule has 3 aromatic carbocycles. The third kappa shape index (κ3) is 3.21. The summed E-state index contributed by atoms with van der Waals surface area (Å²) in [6, 6.07) is 29.1. The monoisotopic (exact) mass is 386 g/mol. The second kappa shape index (κ2) is 7.75. The number of fused-ring (bicyclic) bond motifs is 1. The molecule has 0 aliphatic rings. The van der Waals surface area contributed by atoms with Gasteiger partial charge in [0.1, 0.15) is 17.4 Å². The second-order valence-corrected chi connectivity index (χ2v) is 6.55. The minimum Gasteiger partial charge on any atom is -0.458 e. The van der Waals surface area contributed by atoms with Gasteiger partial charge in [0.2, 0.25) is 0 Å². The third-order valence-electron chi connectivity index (χ3n) is 4.88. The van der Waals surface area contributed by atoms with Crippen LogP contribution in [-0.4, -0.2) is 9.55 Å². The molecule has 1 unspecified atom stereocenters. The third-order valence-corrected chi connectivity index (χ3v) is 4.88. The highest BCUT2D eigenvalue weighted by Crippen LogP contribution is 2.36. The van der Waals surface area contributed by atoms with Crippen molar-refractivity contribution >= 4 is 23.4 Å². The lowest BCUT2D eigenvalue weighted by Gasteiger charge is -2.20. The summed E-state index contributed by atoms with van der Waals surface area (Å²) in [5.41, 5.74) is 4.46. The van der Waals surface area contributed by atoms with Gasteiger partial charge in [-0.1, -0.05) is 72.8 Å². The Bertz CT molecular complexity index is 1150. The maximum absolute atomic E-state index is 6.25. The van der Waals surface area contributed by atoms with Crippen LogP contribution >= 0.6 is 12.4 Å². The van der Waals surface area contributed by atoms with Crippen molar-refractivity contribution in [3.05, 3.63) is 115 Å². The largest absolute Gasteiger partial charge is 0.458 e. The molecule has 3 nitrogen and oxygen atoms in total. The van der Waals surface area contributed by atoms with Gasteiger partial charge in [-0.3, -0.25) is 0 Å². The Balaban J connectivity index is 0.00000192. The number of halogens is 1. The maximum atomic E-state index is 6.25. The molecule has 0 aliphatic carbocycles. The zero-order valence-corrected chi connectivity index (χ0v) is 15.9. The van der Waals surface area contributed by atoms with Gasteiger partial charge in [0.05, 0.1) is 6.33 Å². The highest BCUT2D eigenvalue weighted by molar-refractivity contribution is 5.85. The van der Waals surface area contributed by atoms with Crippen LogP contribution < -0.4 is 0 Å². The molecular weight excluding hydrogens is 368 g/mol. The van der Waals surface area contributed by atoms with E-state index in [1.807, 2.05) is 36.8 Å². The Kier molecular flexibility index (Phi) is 5.00. The van der Waals surface area contributed by atoms with E-state index in [-0.39, 0.29) is 18.4 Å². The van der Waals surface area contributed by atoms with Crippen molar-refractivity contribution in [1.29, 1.82) is 0 Å². The second-order valence-electron chi connectivity index (χ2n) is 6.55. The number of rotatable bonds is 4. The van der Waals surface area contributed by atoms with Gasteiger partial charge in [-0.05, 0) is 28.8 Å². The minimum atomic E-state index is -0.0868. The number of imidazole rings is 1. The maximum Gasteiger partial charge on any atom is 0.134 e. The molecule has 0 amide bonds. The summed E-state index contributed by atoms with van der Waals surface area (Å²) in [5, 5.41) is 1.11. The van der Waals surface area contributed by atoms with Crippen molar-refractivity contribution in [2.24, 2.45) is 0 Å². The summed E-state index contributed by atoms with van der Waals surface area (Å²) in [4.78, 5) is 4.27. The first-order valence-electron chi connectivity index (χ1n) is 9.00. The molecule has 0 N–H and O–H groups in total. The molecule has 0 aliphatic heterocycles. The zero-order chi connectivity index (χ0) is 18.1. The Labute approximate surface area is 169 Å². The van der Waals surface area contributed by atoms with Crippen molar-refractivity contribution in [1.82, 2.24) is 9.55 Å². The first-order chi connectivity index (χ1) is 13.4. The number of hydrogen-bond donors (Lipinski definition) is 0. The van der Waals surface area contributed by atoms with Crippen LogP contribution in [0.1, 0.15) is 17.4 Å².